The predicted octanol–water partition coefficient (Wildman–Crippen LogP) is 7.33. The van der Waals surface area contributed by atoms with Gasteiger partial charge in [0.05, 0.1) is 0 Å². The lowest BCUT2D eigenvalue weighted by molar-refractivity contribution is 0.586. The lowest BCUT2D eigenvalue weighted by Gasteiger charge is -2.00. The van der Waals surface area contributed by atoms with Crippen molar-refractivity contribution >= 4 is 27.7 Å². The van der Waals surface area contributed by atoms with E-state index in [1.165, 1.54) is 62.9 Å². The van der Waals surface area contributed by atoms with E-state index in [1.54, 1.807) is 0 Å². The average Bonchev–Trinajstić information content (AvgIpc) is 2.47. The van der Waals surface area contributed by atoms with Crippen LogP contribution in [0.4, 0.5) is 0 Å². The van der Waals surface area contributed by atoms with Gasteiger partial charge in [0.2, 0.25) is 0 Å². The standard InChI is InChI=1S/C12H26S.C6H5Br/c1-3-5-6-7-8-9-10-11-12-13-4-2;7-6-4-2-1-3-5-6/h3-12H2,1-2H3;1-5H. The topological polar surface area (TPSA) is 0 Å². The van der Waals surface area contributed by atoms with E-state index in [9.17, 15) is 0 Å². The monoisotopic (exact) mass is 358 g/mol. The number of thioether (sulfide) groups is 1. The fourth-order valence-electron chi connectivity index (χ4n) is 1.90. The molecule has 1 aromatic rings. The lowest BCUT2D eigenvalue weighted by atomic mass is 10.1. The summed E-state index contributed by atoms with van der Waals surface area (Å²) in [7, 11) is 0. The maximum Gasteiger partial charge on any atom is 0.0175 e. The van der Waals surface area contributed by atoms with Crippen LogP contribution in [0.1, 0.15) is 65.2 Å². The zero-order valence-corrected chi connectivity index (χ0v) is 15.6. The van der Waals surface area contributed by atoms with Gasteiger partial charge in [-0.3, -0.25) is 0 Å². The minimum Gasteiger partial charge on any atom is -0.162 e. The third-order valence-electron chi connectivity index (χ3n) is 3.08. The number of rotatable bonds is 10. The van der Waals surface area contributed by atoms with Gasteiger partial charge in [-0.1, -0.05) is 92.9 Å². The molecule has 0 fully saturated rings. The molecule has 0 atom stereocenters. The van der Waals surface area contributed by atoms with Crippen molar-refractivity contribution in [3.63, 3.8) is 0 Å². The number of unbranched alkanes of at least 4 members (excludes halogenated alkanes) is 7. The molecule has 0 aliphatic rings. The zero-order chi connectivity index (χ0) is 14.9. The molecule has 0 saturated heterocycles. The summed E-state index contributed by atoms with van der Waals surface area (Å²) < 4.78 is 1.13. The van der Waals surface area contributed by atoms with Crippen molar-refractivity contribution in [1.82, 2.24) is 0 Å². The van der Waals surface area contributed by atoms with Gasteiger partial charge in [-0.15, -0.1) is 0 Å². The molecule has 0 unspecified atom stereocenters. The van der Waals surface area contributed by atoms with Crippen molar-refractivity contribution in [2.45, 2.75) is 65.2 Å². The van der Waals surface area contributed by atoms with E-state index >= 15 is 0 Å². The van der Waals surface area contributed by atoms with Crippen LogP contribution in [-0.2, 0) is 0 Å². The number of benzene rings is 1. The Morgan fingerprint density at radius 1 is 0.800 bits per heavy atom. The van der Waals surface area contributed by atoms with Gasteiger partial charge in [-0.05, 0) is 30.1 Å². The second-order valence-electron chi connectivity index (χ2n) is 4.97. The van der Waals surface area contributed by atoms with Crippen LogP contribution in [-0.4, -0.2) is 11.5 Å². The molecule has 20 heavy (non-hydrogen) atoms. The molecule has 0 aromatic heterocycles. The van der Waals surface area contributed by atoms with E-state index in [4.69, 9.17) is 0 Å². The number of halogens is 1. The molecule has 0 bridgehead atoms. The Bertz CT molecular complexity index is 264. The number of hydrogen-bond donors (Lipinski definition) is 0. The number of hydrogen-bond acceptors (Lipinski definition) is 1. The minimum atomic E-state index is 1.13. The zero-order valence-electron chi connectivity index (χ0n) is 13.2. The summed E-state index contributed by atoms with van der Waals surface area (Å²) in [6.07, 6.45) is 11.6. The van der Waals surface area contributed by atoms with Gasteiger partial charge in [0.1, 0.15) is 0 Å². The molecule has 0 aliphatic carbocycles. The first-order valence-electron chi connectivity index (χ1n) is 8.09. The summed E-state index contributed by atoms with van der Waals surface area (Å²) in [5, 5.41) is 0. The molecule has 1 aromatic carbocycles. The Hall–Kier alpha value is 0.0500. The van der Waals surface area contributed by atoms with Crippen LogP contribution in [0, 0.1) is 0 Å². The quantitative estimate of drug-likeness (QED) is 0.394. The van der Waals surface area contributed by atoms with Gasteiger partial charge in [0.25, 0.3) is 0 Å². The molecule has 0 amide bonds. The Kier molecular flexibility index (Phi) is 17.1. The van der Waals surface area contributed by atoms with Crippen molar-refractivity contribution in [3.8, 4) is 0 Å². The molecule has 0 N–H and O–H groups in total. The van der Waals surface area contributed by atoms with E-state index in [1.807, 2.05) is 30.3 Å². The smallest absolute Gasteiger partial charge is 0.0175 e. The first-order valence-corrected chi connectivity index (χ1v) is 10.0. The SMILES string of the molecule is Brc1ccccc1.CCCCCCCCCCSCC. The van der Waals surface area contributed by atoms with Crippen molar-refractivity contribution in [1.29, 1.82) is 0 Å². The van der Waals surface area contributed by atoms with E-state index in [0.717, 1.165) is 4.47 Å². The van der Waals surface area contributed by atoms with Crippen LogP contribution in [0.3, 0.4) is 0 Å². The van der Waals surface area contributed by atoms with Crippen molar-refractivity contribution in [2.24, 2.45) is 0 Å². The van der Waals surface area contributed by atoms with Gasteiger partial charge in [-0.2, -0.15) is 11.8 Å². The van der Waals surface area contributed by atoms with Gasteiger partial charge in [0, 0.05) is 4.47 Å². The molecule has 1 rings (SSSR count). The maximum atomic E-state index is 3.31. The Morgan fingerprint density at radius 3 is 1.80 bits per heavy atom. The molecule has 2 heteroatoms. The summed E-state index contributed by atoms with van der Waals surface area (Å²) in [5.41, 5.74) is 0. The summed E-state index contributed by atoms with van der Waals surface area (Å²) in [4.78, 5) is 0. The van der Waals surface area contributed by atoms with Crippen molar-refractivity contribution in [2.75, 3.05) is 11.5 Å². The largest absolute Gasteiger partial charge is 0.162 e. The fraction of sp³-hybridized carbons (Fsp3) is 0.667. The molecular weight excluding hydrogens is 328 g/mol. The highest BCUT2D eigenvalue weighted by Gasteiger charge is 1.91. The van der Waals surface area contributed by atoms with Crippen LogP contribution in [0.2, 0.25) is 0 Å². The van der Waals surface area contributed by atoms with Crippen LogP contribution < -0.4 is 0 Å². The van der Waals surface area contributed by atoms with E-state index in [-0.39, 0.29) is 0 Å². The average molecular weight is 359 g/mol. The molecule has 0 spiro atoms. The molecule has 0 heterocycles. The van der Waals surface area contributed by atoms with E-state index in [0.29, 0.717) is 0 Å². The maximum absolute atomic E-state index is 3.31. The second kappa shape index (κ2) is 17.1. The third kappa shape index (κ3) is 16.1. The van der Waals surface area contributed by atoms with Gasteiger partial charge in [-0.25, -0.2) is 0 Å². The molecular formula is C18H31BrS. The highest BCUT2D eigenvalue weighted by Crippen LogP contribution is 2.10. The summed E-state index contributed by atoms with van der Waals surface area (Å²) >= 11 is 5.39. The summed E-state index contributed by atoms with van der Waals surface area (Å²) in [6.45, 7) is 4.53. The highest BCUT2D eigenvalue weighted by atomic mass is 79.9. The van der Waals surface area contributed by atoms with E-state index < -0.39 is 0 Å². The molecule has 116 valence electrons. The minimum absolute atomic E-state index is 1.13. The van der Waals surface area contributed by atoms with Gasteiger partial charge < -0.3 is 0 Å². The summed E-state index contributed by atoms with van der Waals surface area (Å²) in [6, 6.07) is 9.97. The van der Waals surface area contributed by atoms with Crippen molar-refractivity contribution in [3.05, 3.63) is 34.8 Å². The molecule has 0 radical (unpaired) electrons. The molecule has 0 nitrogen and oxygen atoms in total. The Morgan fingerprint density at radius 2 is 1.35 bits per heavy atom. The molecule has 0 aliphatic heterocycles. The highest BCUT2D eigenvalue weighted by molar-refractivity contribution is 9.10. The Labute approximate surface area is 139 Å². The molecule has 0 saturated carbocycles. The van der Waals surface area contributed by atoms with Gasteiger partial charge >= 0.3 is 0 Å². The lowest BCUT2D eigenvalue weighted by Crippen LogP contribution is -1.83. The first-order chi connectivity index (χ1) is 9.81. The van der Waals surface area contributed by atoms with Crippen molar-refractivity contribution < 1.29 is 0 Å². The summed E-state index contributed by atoms with van der Waals surface area (Å²) in [5.74, 6) is 2.67. The van der Waals surface area contributed by atoms with E-state index in [2.05, 4.69) is 41.5 Å². The van der Waals surface area contributed by atoms with Crippen LogP contribution in [0.5, 0.6) is 0 Å². The first kappa shape index (κ1) is 20.1. The fourth-order valence-corrected chi connectivity index (χ4v) is 2.90. The van der Waals surface area contributed by atoms with Crippen LogP contribution in [0.25, 0.3) is 0 Å². The second-order valence-corrected chi connectivity index (χ2v) is 7.28. The Balaban J connectivity index is 0.000000428. The third-order valence-corrected chi connectivity index (χ3v) is 4.59. The predicted molar refractivity (Wildman–Crippen MR) is 99.8 cm³/mol. The van der Waals surface area contributed by atoms with Gasteiger partial charge in [0.15, 0.2) is 0 Å². The van der Waals surface area contributed by atoms with Crippen LogP contribution >= 0.6 is 27.7 Å². The van der Waals surface area contributed by atoms with Crippen LogP contribution in [0.15, 0.2) is 34.8 Å². The normalized spacial score (nSPS) is 9.95.